The fourth-order valence-electron chi connectivity index (χ4n) is 2.02. The number of nitrogen functional groups attached to an aromatic ring is 1. The Bertz CT molecular complexity index is 644. The third kappa shape index (κ3) is 3.66. The second kappa shape index (κ2) is 6.80. The maximum absolute atomic E-state index is 5.78. The summed E-state index contributed by atoms with van der Waals surface area (Å²) in [7, 11) is -0.461. The summed E-state index contributed by atoms with van der Waals surface area (Å²) in [6, 6.07) is 29.5. The molecule has 0 saturated carbocycles. The van der Waals surface area contributed by atoms with E-state index in [2.05, 4.69) is 72.8 Å². The van der Waals surface area contributed by atoms with E-state index >= 15 is 0 Å². The summed E-state index contributed by atoms with van der Waals surface area (Å²) in [6.07, 6.45) is 0. The summed E-state index contributed by atoms with van der Waals surface area (Å²) in [5, 5.41) is 2.75. The van der Waals surface area contributed by atoms with Crippen molar-refractivity contribution in [3.8, 4) is 0 Å². The molecule has 2 N–H and O–H groups in total. The van der Waals surface area contributed by atoms with Crippen LogP contribution in [0.25, 0.3) is 0 Å². The summed E-state index contributed by atoms with van der Waals surface area (Å²) < 4.78 is 0. The van der Waals surface area contributed by atoms with Gasteiger partial charge in [-0.05, 0) is 34.9 Å². The quantitative estimate of drug-likeness (QED) is 0.571. The summed E-state index contributed by atoms with van der Waals surface area (Å²) in [5.74, 6) is 0. The number of hydrogen-bond donors (Lipinski definition) is 1. The first kappa shape index (κ1) is 14.2. The van der Waals surface area contributed by atoms with Crippen molar-refractivity contribution < 1.29 is 0 Å². The predicted molar refractivity (Wildman–Crippen MR) is 95.8 cm³/mol. The number of rotatable bonds is 4. The highest BCUT2D eigenvalue weighted by molar-refractivity contribution is 8.60. The van der Waals surface area contributed by atoms with Crippen LogP contribution in [0, 0.1) is 0 Å². The molecule has 0 aromatic heterocycles. The second-order valence-electron chi connectivity index (χ2n) is 4.63. The van der Waals surface area contributed by atoms with Crippen molar-refractivity contribution in [2.75, 3.05) is 5.73 Å². The molecule has 3 heteroatoms. The zero-order chi connectivity index (χ0) is 14.5. The van der Waals surface area contributed by atoms with Crippen LogP contribution in [-0.4, -0.2) is 0 Å². The van der Waals surface area contributed by atoms with Crippen LogP contribution in [0.4, 0.5) is 5.69 Å². The van der Waals surface area contributed by atoms with E-state index in [1.165, 1.54) is 15.5 Å². The van der Waals surface area contributed by atoms with Crippen LogP contribution in [0.2, 0.25) is 0 Å². The monoisotopic (exact) mass is 309 g/mol. The molecule has 0 bridgehead atoms. The lowest BCUT2D eigenvalue weighted by Crippen LogP contribution is -2.08. The van der Waals surface area contributed by atoms with E-state index in [0.29, 0.717) is 0 Å². The summed E-state index contributed by atoms with van der Waals surface area (Å²) >= 11 is 1.91. The maximum atomic E-state index is 5.78. The van der Waals surface area contributed by atoms with E-state index in [1.54, 1.807) is 0 Å². The van der Waals surface area contributed by atoms with Gasteiger partial charge in [-0.1, -0.05) is 72.0 Å². The van der Waals surface area contributed by atoms with Crippen LogP contribution >= 0.6 is 18.5 Å². The molecule has 3 aromatic rings. The molecule has 3 rings (SSSR count). The number of nitrogens with two attached hydrogens (primary N) is 1. The van der Waals surface area contributed by atoms with Gasteiger partial charge in [0.1, 0.15) is 0 Å². The van der Waals surface area contributed by atoms with Crippen molar-refractivity contribution in [1.29, 1.82) is 0 Å². The maximum Gasteiger partial charge on any atom is 0.0314 e. The Hall–Kier alpha value is -1.76. The van der Waals surface area contributed by atoms with Crippen molar-refractivity contribution in [1.82, 2.24) is 0 Å². The molecule has 104 valence electrons. The highest BCUT2D eigenvalue weighted by Gasteiger charge is 2.15. The Labute approximate surface area is 130 Å². The van der Waals surface area contributed by atoms with Crippen LogP contribution in [0.5, 0.6) is 0 Å². The van der Waals surface area contributed by atoms with Gasteiger partial charge in [0, 0.05) is 17.7 Å². The van der Waals surface area contributed by atoms with Gasteiger partial charge in [0.25, 0.3) is 0 Å². The first-order valence-electron chi connectivity index (χ1n) is 6.77. The molecule has 3 aromatic carbocycles. The van der Waals surface area contributed by atoms with E-state index in [4.69, 9.17) is 5.73 Å². The Morgan fingerprint density at radius 1 is 0.619 bits per heavy atom. The van der Waals surface area contributed by atoms with E-state index in [9.17, 15) is 0 Å². The lowest BCUT2D eigenvalue weighted by Gasteiger charge is -2.17. The van der Waals surface area contributed by atoms with Crippen LogP contribution < -0.4 is 16.3 Å². The second-order valence-corrected chi connectivity index (χ2v) is 8.54. The summed E-state index contributed by atoms with van der Waals surface area (Å²) in [4.78, 5) is 1.25. The molecule has 0 aliphatic carbocycles. The van der Waals surface area contributed by atoms with Crippen molar-refractivity contribution in [2.24, 2.45) is 0 Å². The third-order valence-electron chi connectivity index (χ3n) is 3.06. The molecule has 0 saturated heterocycles. The zero-order valence-electron chi connectivity index (χ0n) is 11.5. The largest absolute Gasteiger partial charge is 0.399 e. The Morgan fingerprint density at radius 2 is 1.10 bits per heavy atom. The van der Waals surface area contributed by atoms with Gasteiger partial charge in [0.15, 0.2) is 0 Å². The minimum atomic E-state index is -0.461. The molecule has 0 amide bonds. The fraction of sp³-hybridized carbons (Fsp3) is 0. The Balaban J connectivity index is 1.95. The van der Waals surface area contributed by atoms with Gasteiger partial charge < -0.3 is 5.73 Å². The van der Waals surface area contributed by atoms with E-state index in [1.807, 2.05) is 23.5 Å². The van der Waals surface area contributed by atoms with Gasteiger partial charge in [-0.25, -0.2) is 0 Å². The minimum absolute atomic E-state index is 0.461. The van der Waals surface area contributed by atoms with Crippen molar-refractivity contribution in [3.05, 3.63) is 84.9 Å². The molecule has 0 unspecified atom stereocenters. The Kier molecular flexibility index (Phi) is 4.59. The van der Waals surface area contributed by atoms with Crippen LogP contribution in [0.15, 0.2) is 89.8 Å². The minimum Gasteiger partial charge on any atom is -0.399 e. The van der Waals surface area contributed by atoms with E-state index in [-0.39, 0.29) is 0 Å². The van der Waals surface area contributed by atoms with Gasteiger partial charge in [0.05, 0.1) is 0 Å². The molecular formula is C18H16NPS. The fourth-order valence-corrected chi connectivity index (χ4v) is 6.24. The zero-order valence-corrected chi connectivity index (χ0v) is 13.2. The molecular weight excluding hydrogens is 293 g/mol. The van der Waals surface area contributed by atoms with Gasteiger partial charge >= 0.3 is 0 Å². The molecule has 0 radical (unpaired) electrons. The van der Waals surface area contributed by atoms with Crippen molar-refractivity contribution in [3.63, 3.8) is 0 Å². The van der Waals surface area contributed by atoms with Crippen LogP contribution in [0.3, 0.4) is 0 Å². The van der Waals surface area contributed by atoms with Crippen LogP contribution in [-0.2, 0) is 0 Å². The first-order valence-corrected chi connectivity index (χ1v) is 9.53. The predicted octanol–water partition coefficient (Wildman–Crippen LogP) is 4.41. The molecule has 0 aliphatic rings. The number of hydrogen-bond acceptors (Lipinski definition) is 2. The van der Waals surface area contributed by atoms with Crippen molar-refractivity contribution >= 4 is 34.8 Å². The van der Waals surface area contributed by atoms with Crippen LogP contribution in [0.1, 0.15) is 0 Å². The summed E-state index contributed by atoms with van der Waals surface area (Å²) in [5.41, 5.74) is 6.58. The molecule has 0 spiro atoms. The normalized spacial score (nSPS) is 10.7. The van der Waals surface area contributed by atoms with Gasteiger partial charge in [-0.2, -0.15) is 0 Å². The van der Waals surface area contributed by atoms with E-state index in [0.717, 1.165) is 5.69 Å². The molecule has 0 aliphatic heterocycles. The first-order chi connectivity index (χ1) is 10.3. The third-order valence-corrected chi connectivity index (χ3v) is 7.70. The molecule has 1 nitrogen and oxygen atoms in total. The highest BCUT2D eigenvalue weighted by Crippen LogP contribution is 2.51. The van der Waals surface area contributed by atoms with Gasteiger partial charge in [0.2, 0.25) is 0 Å². The lowest BCUT2D eigenvalue weighted by molar-refractivity contribution is 1.48. The standard InChI is InChI=1S/C18H16NPS/c19-15-11-13-18(14-12-15)21-20(16-7-3-1-4-8-16)17-9-5-2-6-10-17/h1-14H,19H2. The summed E-state index contributed by atoms with van der Waals surface area (Å²) in [6.45, 7) is 0. The highest BCUT2D eigenvalue weighted by atomic mass is 32.7. The average molecular weight is 309 g/mol. The number of anilines is 1. The average Bonchev–Trinajstić information content (AvgIpc) is 2.56. The van der Waals surface area contributed by atoms with Gasteiger partial charge in [-0.15, -0.1) is 0 Å². The SMILES string of the molecule is Nc1ccc(SP(c2ccccc2)c2ccccc2)cc1. The van der Waals surface area contributed by atoms with Crippen molar-refractivity contribution in [2.45, 2.75) is 4.90 Å². The number of benzene rings is 3. The molecule has 0 atom stereocenters. The molecule has 0 fully saturated rings. The molecule has 21 heavy (non-hydrogen) atoms. The smallest absolute Gasteiger partial charge is 0.0314 e. The van der Waals surface area contributed by atoms with Gasteiger partial charge in [-0.3, -0.25) is 0 Å². The van der Waals surface area contributed by atoms with E-state index < -0.39 is 7.12 Å². The topological polar surface area (TPSA) is 26.0 Å². The lowest BCUT2D eigenvalue weighted by atomic mass is 10.3. The Morgan fingerprint density at radius 3 is 1.57 bits per heavy atom. The molecule has 0 heterocycles.